The van der Waals surface area contributed by atoms with Crippen LogP contribution in [-0.4, -0.2) is 37.2 Å². The molecule has 1 atom stereocenters. The highest BCUT2D eigenvalue weighted by molar-refractivity contribution is 5.71. The molecule has 6 heteroatoms. The molecular formula is C55H90O6. The summed E-state index contributed by atoms with van der Waals surface area (Å²) in [5.41, 5.74) is 0. The van der Waals surface area contributed by atoms with Gasteiger partial charge >= 0.3 is 17.9 Å². The highest BCUT2D eigenvalue weighted by Gasteiger charge is 2.19. The Kier molecular flexibility index (Phi) is 46.0. The van der Waals surface area contributed by atoms with Crippen LogP contribution < -0.4 is 0 Å². The first-order chi connectivity index (χ1) is 30.0. The molecule has 0 bridgehead atoms. The Balaban J connectivity index is 4.49. The van der Waals surface area contributed by atoms with Crippen LogP contribution in [0.4, 0.5) is 0 Å². The first-order valence-corrected chi connectivity index (χ1v) is 24.7. The Morgan fingerprint density at radius 1 is 0.344 bits per heavy atom. The van der Waals surface area contributed by atoms with Gasteiger partial charge in [-0.25, -0.2) is 0 Å². The van der Waals surface area contributed by atoms with E-state index in [1.807, 2.05) is 12.2 Å². The lowest BCUT2D eigenvalue weighted by atomic mass is 10.1. The second-order valence-corrected chi connectivity index (χ2v) is 16.0. The average Bonchev–Trinajstić information content (AvgIpc) is 3.26. The Hall–Kier alpha value is -3.67. The summed E-state index contributed by atoms with van der Waals surface area (Å²) in [4.78, 5) is 37.9. The monoisotopic (exact) mass is 847 g/mol. The highest BCUT2D eigenvalue weighted by atomic mass is 16.6. The molecule has 0 fully saturated rings. The van der Waals surface area contributed by atoms with E-state index in [0.717, 1.165) is 103 Å². The number of esters is 3. The van der Waals surface area contributed by atoms with Crippen LogP contribution in [0, 0.1) is 0 Å². The topological polar surface area (TPSA) is 78.9 Å². The van der Waals surface area contributed by atoms with Gasteiger partial charge in [0.2, 0.25) is 0 Å². The summed E-state index contributed by atoms with van der Waals surface area (Å²) >= 11 is 0. The predicted octanol–water partition coefficient (Wildman–Crippen LogP) is 16.2. The summed E-state index contributed by atoms with van der Waals surface area (Å²) in [6, 6.07) is 0. The van der Waals surface area contributed by atoms with Crippen molar-refractivity contribution < 1.29 is 28.6 Å². The van der Waals surface area contributed by atoms with Crippen molar-refractivity contribution in [3.8, 4) is 0 Å². The molecule has 0 spiro atoms. The predicted molar refractivity (Wildman–Crippen MR) is 260 cm³/mol. The minimum absolute atomic E-state index is 0.115. The Bertz CT molecular complexity index is 1250. The van der Waals surface area contributed by atoms with E-state index in [2.05, 4.69) is 106 Å². The van der Waals surface area contributed by atoms with Crippen molar-refractivity contribution >= 4 is 17.9 Å². The maximum absolute atomic E-state index is 12.7. The lowest BCUT2D eigenvalue weighted by Crippen LogP contribution is -2.30. The minimum atomic E-state index is -0.822. The molecule has 0 aliphatic heterocycles. The van der Waals surface area contributed by atoms with Gasteiger partial charge in [0.25, 0.3) is 0 Å². The smallest absolute Gasteiger partial charge is 0.306 e. The van der Waals surface area contributed by atoms with E-state index in [1.54, 1.807) is 0 Å². The van der Waals surface area contributed by atoms with Gasteiger partial charge in [-0.2, -0.15) is 0 Å². The minimum Gasteiger partial charge on any atom is -0.462 e. The third-order valence-electron chi connectivity index (χ3n) is 10.1. The summed E-state index contributed by atoms with van der Waals surface area (Å²) in [5, 5.41) is 0. The fraction of sp³-hybridized carbons (Fsp3) is 0.655. The van der Waals surface area contributed by atoms with Gasteiger partial charge in [-0.1, -0.05) is 189 Å². The van der Waals surface area contributed by atoms with Gasteiger partial charge in [0.15, 0.2) is 6.10 Å². The summed E-state index contributed by atoms with van der Waals surface area (Å²) in [6.07, 6.45) is 64.0. The number of hydrogen-bond acceptors (Lipinski definition) is 6. The molecule has 1 unspecified atom stereocenters. The molecule has 0 aliphatic carbocycles. The van der Waals surface area contributed by atoms with Crippen LogP contribution in [0.15, 0.2) is 97.2 Å². The third kappa shape index (κ3) is 47.2. The molecule has 0 aromatic rings. The molecule has 0 saturated heterocycles. The second kappa shape index (κ2) is 49.0. The number of allylic oxidation sites excluding steroid dienone is 16. The van der Waals surface area contributed by atoms with Crippen molar-refractivity contribution in [2.24, 2.45) is 0 Å². The molecule has 0 aromatic heterocycles. The second-order valence-electron chi connectivity index (χ2n) is 16.0. The van der Waals surface area contributed by atoms with Gasteiger partial charge in [0.05, 0.1) is 0 Å². The SMILES string of the molecule is CC/C=C\C/C=C\C/C=C\C/C=C\CCC(=O)OC(COC(=O)CCCCCCC/C=C\CCCCCC)COC(=O)CCCCCCCCC/C=C\C/C=C\C/C=C\CC. The lowest BCUT2D eigenvalue weighted by Gasteiger charge is -2.18. The van der Waals surface area contributed by atoms with Crippen molar-refractivity contribution in [1.82, 2.24) is 0 Å². The van der Waals surface area contributed by atoms with Crippen LogP contribution in [0.5, 0.6) is 0 Å². The van der Waals surface area contributed by atoms with E-state index in [0.29, 0.717) is 19.3 Å². The Morgan fingerprint density at radius 3 is 1.08 bits per heavy atom. The first kappa shape index (κ1) is 57.3. The molecule has 0 amide bonds. The van der Waals surface area contributed by atoms with Crippen molar-refractivity contribution in [2.45, 2.75) is 219 Å². The van der Waals surface area contributed by atoms with Gasteiger partial charge in [-0.3, -0.25) is 14.4 Å². The highest BCUT2D eigenvalue weighted by Crippen LogP contribution is 2.13. The first-order valence-electron chi connectivity index (χ1n) is 24.7. The summed E-state index contributed by atoms with van der Waals surface area (Å²) in [7, 11) is 0. The van der Waals surface area contributed by atoms with Crippen LogP contribution in [0.3, 0.4) is 0 Å². The number of carbonyl (C=O) groups is 3. The molecule has 0 rings (SSSR count). The zero-order valence-corrected chi connectivity index (χ0v) is 39.4. The number of hydrogen-bond donors (Lipinski definition) is 0. The maximum Gasteiger partial charge on any atom is 0.306 e. The largest absolute Gasteiger partial charge is 0.462 e. The fourth-order valence-electron chi connectivity index (χ4n) is 6.40. The van der Waals surface area contributed by atoms with E-state index in [1.165, 1.54) is 64.2 Å². The summed E-state index contributed by atoms with van der Waals surface area (Å²) < 4.78 is 16.7. The number of carbonyl (C=O) groups excluding carboxylic acids is 3. The molecule has 0 aromatic carbocycles. The van der Waals surface area contributed by atoms with Gasteiger partial charge in [-0.05, 0) is 103 Å². The number of unbranched alkanes of at least 4 members (excludes halogenated alkanes) is 16. The van der Waals surface area contributed by atoms with E-state index >= 15 is 0 Å². The van der Waals surface area contributed by atoms with Crippen LogP contribution in [0.2, 0.25) is 0 Å². The molecule has 0 radical (unpaired) electrons. The standard InChI is InChI=1S/C55H90O6/c1-4-7-10-13-16-19-22-25-26-27-28-31-33-36-39-42-45-48-54(57)60-51-52(61-55(58)49-46-43-40-37-34-30-24-21-18-15-12-9-6-3)50-59-53(56)47-44-41-38-35-32-29-23-20-17-14-11-8-5-2/h7,9-10,12,16,18-21,23,25-26,30,34,40,43,52H,4-6,8,11,13-15,17,22,24,27-29,31-33,35-39,41-42,44-51H2,1-3H3/b10-7-,12-9-,19-16-,21-18-,23-20-,26-25-,34-30-,43-40-. The van der Waals surface area contributed by atoms with E-state index in [-0.39, 0.29) is 31.6 Å². The van der Waals surface area contributed by atoms with Gasteiger partial charge in [-0.15, -0.1) is 0 Å². The van der Waals surface area contributed by atoms with E-state index in [4.69, 9.17) is 14.2 Å². The van der Waals surface area contributed by atoms with Gasteiger partial charge in [0.1, 0.15) is 13.2 Å². The summed E-state index contributed by atoms with van der Waals surface area (Å²) in [5.74, 6) is -1.02. The molecule has 0 heterocycles. The Labute approximate surface area is 375 Å². The van der Waals surface area contributed by atoms with Crippen molar-refractivity contribution in [2.75, 3.05) is 13.2 Å². The fourth-order valence-corrected chi connectivity index (χ4v) is 6.40. The number of rotatable bonds is 43. The van der Waals surface area contributed by atoms with E-state index < -0.39 is 12.1 Å². The molecule has 0 aliphatic rings. The molecular weight excluding hydrogens is 757 g/mol. The van der Waals surface area contributed by atoms with Crippen LogP contribution in [-0.2, 0) is 28.6 Å². The third-order valence-corrected chi connectivity index (χ3v) is 10.1. The molecule has 0 saturated carbocycles. The quantitative estimate of drug-likeness (QED) is 0.0263. The average molecular weight is 847 g/mol. The van der Waals surface area contributed by atoms with Crippen molar-refractivity contribution in [3.05, 3.63) is 97.2 Å². The van der Waals surface area contributed by atoms with Crippen molar-refractivity contribution in [3.63, 3.8) is 0 Å². The van der Waals surface area contributed by atoms with Crippen LogP contribution >= 0.6 is 0 Å². The molecule has 6 nitrogen and oxygen atoms in total. The molecule has 346 valence electrons. The number of ether oxygens (including phenoxy) is 3. The van der Waals surface area contributed by atoms with Gasteiger partial charge < -0.3 is 14.2 Å². The normalized spacial score (nSPS) is 12.9. The zero-order valence-electron chi connectivity index (χ0n) is 39.4. The maximum atomic E-state index is 12.7. The van der Waals surface area contributed by atoms with Gasteiger partial charge in [0, 0.05) is 19.3 Å². The van der Waals surface area contributed by atoms with Crippen LogP contribution in [0.1, 0.15) is 213 Å². The van der Waals surface area contributed by atoms with E-state index in [9.17, 15) is 14.4 Å². The van der Waals surface area contributed by atoms with Crippen molar-refractivity contribution in [1.29, 1.82) is 0 Å². The lowest BCUT2D eigenvalue weighted by molar-refractivity contribution is -0.166. The van der Waals surface area contributed by atoms with Crippen LogP contribution in [0.25, 0.3) is 0 Å². The zero-order chi connectivity index (χ0) is 44.4. The molecule has 0 N–H and O–H groups in total. The summed E-state index contributed by atoms with van der Waals surface area (Å²) in [6.45, 7) is 6.30. The molecule has 61 heavy (non-hydrogen) atoms. The Morgan fingerprint density at radius 2 is 0.672 bits per heavy atom.